The van der Waals surface area contributed by atoms with Crippen molar-refractivity contribution in [1.82, 2.24) is 5.32 Å². The number of carbonyl (C=O) groups excluding carboxylic acids is 2. The summed E-state index contributed by atoms with van der Waals surface area (Å²) in [6, 6.07) is 13.3. The molecule has 0 spiro atoms. The molecule has 0 unspecified atom stereocenters. The lowest BCUT2D eigenvalue weighted by Crippen LogP contribution is -2.40. The van der Waals surface area contributed by atoms with E-state index in [0.29, 0.717) is 22.2 Å². The number of hydrogen-bond donors (Lipinski definition) is 1. The van der Waals surface area contributed by atoms with Crippen LogP contribution in [0.1, 0.15) is 13.8 Å². The van der Waals surface area contributed by atoms with Crippen molar-refractivity contribution in [3.63, 3.8) is 0 Å². The molecule has 0 aromatic heterocycles. The molecule has 1 aliphatic rings. The first-order chi connectivity index (χ1) is 10.9. The second-order valence-electron chi connectivity index (χ2n) is 5.75. The Morgan fingerprint density at radius 1 is 0.957 bits per heavy atom. The molecule has 23 heavy (non-hydrogen) atoms. The van der Waals surface area contributed by atoms with E-state index in [2.05, 4.69) is 5.32 Å². The second-order valence-corrected chi connectivity index (χ2v) is 6.18. The molecule has 1 saturated heterocycles. The molecule has 1 fully saturated rings. The summed E-state index contributed by atoms with van der Waals surface area (Å²) >= 11 is 5.83. The highest BCUT2D eigenvalue weighted by atomic mass is 35.5. The van der Waals surface area contributed by atoms with Gasteiger partial charge in [0, 0.05) is 5.02 Å². The molecule has 6 heteroatoms. The van der Waals surface area contributed by atoms with E-state index in [-0.39, 0.29) is 5.91 Å². The van der Waals surface area contributed by atoms with Crippen molar-refractivity contribution in [2.75, 3.05) is 4.90 Å². The minimum absolute atomic E-state index is 0.283. The van der Waals surface area contributed by atoms with Gasteiger partial charge in [-0.25, -0.2) is 9.69 Å². The average Bonchev–Trinajstić information content (AvgIpc) is 2.71. The van der Waals surface area contributed by atoms with Crippen LogP contribution in [-0.4, -0.2) is 17.5 Å². The number of nitrogens with zero attached hydrogens (tertiary/aromatic N) is 1. The number of amides is 3. The van der Waals surface area contributed by atoms with Gasteiger partial charge in [-0.3, -0.25) is 4.79 Å². The van der Waals surface area contributed by atoms with Crippen molar-refractivity contribution < 1.29 is 14.3 Å². The van der Waals surface area contributed by atoms with Gasteiger partial charge in [0.15, 0.2) is 0 Å². The normalized spacial score (nSPS) is 16.4. The predicted molar refractivity (Wildman–Crippen MR) is 88.1 cm³/mol. The average molecular weight is 331 g/mol. The third-order valence-corrected chi connectivity index (χ3v) is 3.76. The Labute approximate surface area is 138 Å². The number of benzene rings is 2. The molecule has 3 rings (SSSR count). The zero-order valence-corrected chi connectivity index (χ0v) is 13.4. The third kappa shape index (κ3) is 3.00. The maximum atomic E-state index is 12.2. The molecular formula is C17H15ClN2O3. The molecule has 2 aromatic carbocycles. The highest BCUT2D eigenvalue weighted by molar-refractivity contribution is 6.30. The lowest BCUT2D eigenvalue weighted by atomic mass is 10.1. The van der Waals surface area contributed by atoms with Crippen LogP contribution in [0.3, 0.4) is 0 Å². The topological polar surface area (TPSA) is 58.6 Å². The highest BCUT2D eigenvalue weighted by Crippen LogP contribution is 2.28. The standard InChI is InChI=1S/C17H15ClN2O3/c1-17(2)15(21)20(16(22)19-17)12-5-9-14(10-6-12)23-13-7-3-11(18)4-8-13/h3-10H,1-2H3,(H,19,22). The van der Waals surface area contributed by atoms with Crippen LogP contribution in [0, 0.1) is 0 Å². The van der Waals surface area contributed by atoms with Crippen LogP contribution in [0.15, 0.2) is 48.5 Å². The van der Waals surface area contributed by atoms with Crippen molar-refractivity contribution in [3.05, 3.63) is 53.6 Å². The van der Waals surface area contributed by atoms with Crippen LogP contribution in [-0.2, 0) is 4.79 Å². The van der Waals surface area contributed by atoms with Gasteiger partial charge in [-0.05, 0) is 62.4 Å². The Kier molecular flexibility index (Phi) is 3.74. The minimum atomic E-state index is -0.893. The first kappa shape index (κ1) is 15.4. The molecule has 1 aliphatic heterocycles. The summed E-state index contributed by atoms with van der Waals surface area (Å²) in [6.07, 6.45) is 0. The van der Waals surface area contributed by atoms with Crippen molar-refractivity contribution in [3.8, 4) is 11.5 Å². The van der Waals surface area contributed by atoms with E-state index in [1.165, 1.54) is 0 Å². The molecule has 0 radical (unpaired) electrons. The minimum Gasteiger partial charge on any atom is -0.457 e. The second kappa shape index (κ2) is 5.59. The third-order valence-electron chi connectivity index (χ3n) is 3.50. The first-order valence-electron chi connectivity index (χ1n) is 7.07. The number of carbonyl (C=O) groups is 2. The summed E-state index contributed by atoms with van der Waals surface area (Å²) in [4.78, 5) is 25.3. The molecule has 1 heterocycles. The van der Waals surface area contributed by atoms with E-state index in [9.17, 15) is 9.59 Å². The summed E-state index contributed by atoms with van der Waals surface area (Å²) in [5.41, 5.74) is -0.392. The smallest absolute Gasteiger partial charge is 0.329 e. The fourth-order valence-electron chi connectivity index (χ4n) is 2.28. The molecule has 1 N–H and O–H groups in total. The van der Waals surface area contributed by atoms with Crippen molar-refractivity contribution >= 4 is 29.2 Å². The van der Waals surface area contributed by atoms with E-state index in [0.717, 1.165) is 4.90 Å². The number of nitrogens with one attached hydrogen (secondary N) is 1. The number of imide groups is 1. The molecular weight excluding hydrogens is 316 g/mol. The summed E-state index contributed by atoms with van der Waals surface area (Å²) < 4.78 is 5.68. The van der Waals surface area contributed by atoms with Gasteiger partial charge in [0.2, 0.25) is 0 Å². The maximum Gasteiger partial charge on any atom is 0.329 e. The van der Waals surface area contributed by atoms with Gasteiger partial charge >= 0.3 is 6.03 Å². The van der Waals surface area contributed by atoms with Crippen LogP contribution in [0.25, 0.3) is 0 Å². The number of ether oxygens (including phenoxy) is 1. The Bertz CT molecular complexity index is 754. The summed E-state index contributed by atoms with van der Waals surface area (Å²) in [5.74, 6) is 0.967. The van der Waals surface area contributed by atoms with Crippen LogP contribution in [0.5, 0.6) is 11.5 Å². The zero-order valence-electron chi connectivity index (χ0n) is 12.7. The molecule has 0 atom stereocenters. The highest BCUT2D eigenvalue weighted by Gasteiger charge is 2.44. The molecule has 2 aromatic rings. The van der Waals surface area contributed by atoms with Gasteiger partial charge in [0.05, 0.1) is 5.69 Å². The van der Waals surface area contributed by atoms with E-state index in [1.54, 1.807) is 62.4 Å². The van der Waals surface area contributed by atoms with Gasteiger partial charge in [-0.15, -0.1) is 0 Å². The fourth-order valence-corrected chi connectivity index (χ4v) is 2.41. The van der Waals surface area contributed by atoms with E-state index in [1.807, 2.05) is 0 Å². The number of halogens is 1. The molecule has 0 aliphatic carbocycles. The van der Waals surface area contributed by atoms with Gasteiger partial charge in [-0.2, -0.15) is 0 Å². The zero-order chi connectivity index (χ0) is 16.6. The Balaban J connectivity index is 1.78. The summed E-state index contributed by atoms with van der Waals surface area (Å²) in [7, 11) is 0. The molecule has 118 valence electrons. The first-order valence-corrected chi connectivity index (χ1v) is 7.45. The quantitative estimate of drug-likeness (QED) is 0.866. The van der Waals surface area contributed by atoms with Crippen molar-refractivity contribution in [2.24, 2.45) is 0 Å². The summed E-state index contributed by atoms with van der Waals surface area (Å²) in [5, 5.41) is 3.28. The van der Waals surface area contributed by atoms with E-state index < -0.39 is 11.6 Å². The molecule has 5 nitrogen and oxygen atoms in total. The number of hydrogen-bond acceptors (Lipinski definition) is 3. The number of rotatable bonds is 3. The van der Waals surface area contributed by atoms with Gasteiger partial charge in [-0.1, -0.05) is 11.6 Å². The van der Waals surface area contributed by atoms with Crippen LogP contribution in [0.4, 0.5) is 10.5 Å². The van der Waals surface area contributed by atoms with Gasteiger partial charge < -0.3 is 10.1 Å². The van der Waals surface area contributed by atoms with Gasteiger partial charge in [0.1, 0.15) is 17.0 Å². The van der Waals surface area contributed by atoms with Crippen LogP contribution >= 0.6 is 11.6 Å². The van der Waals surface area contributed by atoms with E-state index in [4.69, 9.17) is 16.3 Å². The molecule has 0 saturated carbocycles. The van der Waals surface area contributed by atoms with Crippen molar-refractivity contribution in [2.45, 2.75) is 19.4 Å². The lowest BCUT2D eigenvalue weighted by molar-refractivity contribution is -0.121. The van der Waals surface area contributed by atoms with E-state index >= 15 is 0 Å². The Morgan fingerprint density at radius 3 is 1.96 bits per heavy atom. The Morgan fingerprint density at radius 2 is 1.48 bits per heavy atom. The van der Waals surface area contributed by atoms with Crippen LogP contribution < -0.4 is 15.0 Å². The summed E-state index contributed by atoms with van der Waals surface area (Å²) in [6.45, 7) is 3.34. The monoisotopic (exact) mass is 330 g/mol. The fraction of sp³-hybridized carbons (Fsp3) is 0.176. The number of anilines is 1. The Hall–Kier alpha value is -2.53. The largest absolute Gasteiger partial charge is 0.457 e. The molecule has 3 amide bonds. The molecule has 0 bridgehead atoms. The SMILES string of the molecule is CC1(C)NC(=O)N(c2ccc(Oc3ccc(Cl)cc3)cc2)C1=O. The lowest BCUT2D eigenvalue weighted by Gasteiger charge is -2.16. The van der Waals surface area contributed by atoms with Crippen molar-refractivity contribution in [1.29, 1.82) is 0 Å². The predicted octanol–water partition coefficient (Wildman–Crippen LogP) is 3.97. The number of urea groups is 1. The van der Waals surface area contributed by atoms with Gasteiger partial charge in [0.25, 0.3) is 5.91 Å². The maximum absolute atomic E-state index is 12.2. The van der Waals surface area contributed by atoms with Crippen LogP contribution in [0.2, 0.25) is 5.02 Å².